The minimum atomic E-state index is 0.335. The van der Waals surface area contributed by atoms with Gasteiger partial charge in [0.15, 0.2) is 0 Å². The molecule has 1 aliphatic rings. The first-order chi connectivity index (χ1) is 9.65. The Hall–Kier alpha value is -1.76. The van der Waals surface area contributed by atoms with Crippen molar-refractivity contribution >= 4 is 22.0 Å². The minimum Gasteiger partial charge on any atom is -0.396 e. The van der Waals surface area contributed by atoms with Crippen LogP contribution in [0.15, 0.2) is 0 Å². The molecule has 1 fully saturated rings. The van der Waals surface area contributed by atoms with Gasteiger partial charge in [0.2, 0.25) is 0 Å². The molecular formula is C14H19N5S. The van der Waals surface area contributed by atoms with E-state index in [1.807, 2.05) is 0 Å². The third kappa shape index (κ3) is 2.45. The quantitative estimate of drug-likeness (QED) is 0.917. The van der Waals surface area contributed by atoms with Crippen molar-refractivity contribution in [2.45, 2.75) is 26.3 Å². The number of thiophene rings is 1. The number of rotatable bonds is 4. The summed E-state index contributed by atoms with van der Waals surface area (Å²) in [6.45, 7) is 8.24. The Labute approximate surface area is 123 Å². The third-order valence-electron chi connectivity index (χ3n) is 3.92. The fourth-order valence-corrected chi connectivity index (χ4v) is 3.81. The van der Waals surface area contributed by atoms with E-state index in [1.54, 1.807) is 0 Å². The van der Waals surface area contributed by atoms with Gasteiger partial charge < -0.3 is 10.6 Å². The normalized spacial score (nSPS) is 18.2. The zero-order valence-corrected chi connectivity index (χ0v) is 12.7. The van der Waals surface area contributed by atoms with Crippen molar-refractivity contribution in [1.82, 2.24) is 4.90 Å². The first kappa shape index (κ1) is 14.6. The monoisotopic (exact) mass is 289 g/mol. The van der Waals surface area contributed by atoms with Crippen LogP contribution in [0.2, 0.25) is 0 Å². The summed E-state index contributed by atoms with van der Waals surface area (Å²) < 4.78 is 0. The lowest BCUT2D eigenvalue weighted by Gasteiger charge is -2.26. The van der Waals surface area contributed by atoms with Gasteiger partial charge in [0.25, 0.3) is 0 Å². The van der Waals surface area contributed by atoms with Crippen LogP contribution in [-0.4, -0.2) is 37.1 Å². The number of anilines is 2. The highest BCUT2D eigenvalue weighted by molar-refractivity contribution is 7.17. The molecule has 6 heteroatoms. The molecule has 1 unspecified atom stereocenters. The lowest BCUT2D eigenvalue weighted by molar-refractivity contribution is 0.232. The van der Waals surface area contributed by atoms with E-state index in [-0.39, 0.29) is 0 Å². The molecule has 1 atom stereocenters. The Balaban J connectivity index is 2.23. The molecule has 0 saturated carbocycles. The molecule has 0 bridgehead atoms. The van der Waals surface area contributed by atoms with Gasteiger partial charge in [0.1, 0.15) is 27.6 Å². The number of hydrogen-bond acceptors (Lipinski definition) is 6. The van der Waals surface area contributed by atoms with Gasteiger partial charge in [-0.1, -0.05) is 13.8 Å². The van der Waals surface area contributed by atoms with E-state index in [4.69, 9.17) is 11.0 Å². The van der Waals surface area contributed by atoms with Crippen molar-refractivity contribution in [3.63, 3.8) is 0 Å². The molecule has 5 nitrogen and oxygen atoms in total. The standard InChI is InChI=1S/C14H19N5S/c1-3-18(4-2)10-5-6-19(9-10)14-11(7-15)13(17)12(8-16)20-14/h10H,3-6,9,17H2,1-2H3. The third-order valence-corrected chi connectivity index (χ3v) is 5.09. The highest BCUT2D eigenvalue weighted by atomic mass is 32.1. The van der Waals surface area contributed by atoms with Crippen LogP contribution in [0.3, 0.4) is 0 Å². The van der Waals surface area contributed by atoms with Crippen LogP contribution in [0.4, 0.5) is 10.7 Å². The Morgan fingerprint density at radius 2 is 2.05 bits per heavy atom. The maximum atomic E-state index is 9.27. The second-order valence-electron chi connectivity index (χ2n) is 4.86. The molecule has 1 saturated heterocycles. The van der Waals surface area contributed by atoms with Gasteiger partial charge in [-0.25, -0.2) is 0 Å². The average molecular weight is 289 g/mol. The molecule has 2 N–H and O–H groups in total. The van der Waals surface area contributed by atoms with Crippen molar-refractivity contribution in [1.29, 1.82) is 10.5 Å². The SMILES string of the molecule is CCN(CC)C1CCN(c2sc(C#N)c(N)c2C#N)C1. The molecule has 1 aromatic heterocycles. The van der Waals surface area contributed by atoms with Gasteiger partial charge >= 0.3 is 0 Å². The van der Waals surface area contributed by atoms with E-state index in [0.717, 1.165) is 37.6 Å². The van der Waals surface area contributed by atoms with Gasteiger partial charge in [-0.3, -0.25) is 4.90 Å². The summed E-state index contributed by atoms with van der Waals surface area (Å²) in [5.74, 6) is 0. The lowest BCUT2D eigenvalue weighted by atomic mass is 10.2. The highest BCUT2D eigenvalue weighted by Crippen LogP contribution is 2.39. The molecule has 2 heterocycles. The summed E-state index contributed by atoms with van der Waals surface area (Å²) in [6, 6.07) is 4.74. The second kappa shape index (κ2) is 6.13. The molecule has 20 heavy (non-hydrogen) atoms. The fourth-order valence-electron chi connectivity index (χ4n) is 2.81. The van der Waals surface area contributed by atoms with Gasteiger partial charge in [-0.15, -0.1) is 11.3 Å². The number of nitriles is 2. The van der Waals surface area contributed by atoms with Crippen LogP contribution in [0.25, 0.3) is 0 Å². The summed E-state index contributed by atoms with van der Waals surface area (Å²) in [4.78, 5) is 5.08. The van der Waals surface area contributed by atoms with Crippen LogP contribution < -0.4 is 10.6 Å². The van der Waals surface area contributed by atoms with Crippen molar-refractivity contribution < 1.29 is 0 Å². The average Bonchev–Trinajstić information content (AvgIpc) is 3.04. The zero-order valence-electron chi connectivity index (χ0n) is 11.9. The van der Waals surface area contributed by atoms with Crippen LogP contribution in [-0.2, 0) is 0 Å². The van der Waals surface area contributed by atoms with E-state index >= 15 is 0 Å². The first-order valence-corrected chi connectivity index (χ1v) is 7.69. The molecule has 2 rings (SSSR count). The molecular weight excluding hydrogens is 270 g/mol. The summed E-state index contributed by atoms with van der Waals surface area (Å²) >= 11 is 1.34. The molecule has 0 radical (unpaired) electrons. The van der Waals surface area contributed by atoms with Crippen molar-refractivity contribution in [3.8, 4) is 12.1 Å². The van der Waals surface area contributed by atoms with Crippen molar-refractivity contribution in [2.24, 2.45) is 0 Å². The number of nitrogen functional groups attached to an aromatic ring is 1. The summed E-state index contributed by atoms with van der Waals surface area (Å²) in [5, 5.41) is 19.2. The Morgan fingerprint density at radius 1 is 1.35 bits per heavy atom. The smallest absolute Gasteiger partial charge is 0.131 e. The Bertz CT molecular complexity index is 561. The summed E-state index contributed by atoms with van der Waals surface area (Å²) in [7, 11) is 0. The van der Waals surface area contributed by atoms with E-state index < -0.39 is 0 Å². The molecule has 0 spiro atoms. The van der Waals surface area contributed by atoms with Crippen LogP contribution in [0, 0.1) is 22.7 Å². The topological polar surface area (TPSA) is 80.1 Å². The predicted molar refractivity (Wildman–Crippen MR) is 81.7 cm³/mol. The first-order valence-electron chi connectivity index (χ1n) is 6.87. The maximum Gasteiger partial charge on any atom is 0.131 e. The molecule has 106 valence electrons. The van der Waals surface area contributed by atoms with Gasteiger partial charge in [-0.2, -0.15) is 10.5 Å². The number of hydrogen-bond donors (Lipinski definition) is 1. The number of nitrogens with zero attached hydrogens (tertiary/aromatic N) is 4. The van der Waals surface area contributed by atoms with E-state index in [1.165, 1.54) is 11.3 Å². The second-order valence-corrected chi connectivity index (χ2v) is 5.86. The molecule has 0 aromatic carbocycles. The van der Waals surface area contributed by atoms with E-state index in [0.29, 0.717) is 22.2 Å². The highest BCUT2D eigenvalue weighted by Gasteiger charge is 2.30. The predicted octanol–water partition coefficient (Wildman–Crippen LogP) is 1.99. The Morgan fingerprint density at radius 3 is 2.60 bits per heavy atom. The van der Waals surface area contributed by atoms with Gasteiger partial charge in [0, 0.05) is 19.1 Å². The molecule has 0 aliphatic carbocycles. The Kier molecular flexibility index (Phi) is 4.49. The number of nitrogens with two attached hydrogens (primary N) is 1. The minimum absolute atomic E-state index is 0.335. The van der Waals surface area contributed by atoms with Gasteiger partial charge in [0.05, 0.1) is 5.69 Å². The summed E-state index contributed by atoms with van der Waals surface area (Å²) in [5.41, 5.74) is 6.67. The van der Waals surface area contributed by atoms with Crippen molar-refractivity contribution in [3.05, 3.63) is 10.4 Å². The van der Waals surface area contributed by atoms with E-state index in [2.05, 4.69) is 35.8 Å². The molecule has 1 aromatic rings. The zero-order chi connectivity index (χ0) is 14.7. The maximum absolute atomic E-state index is 9.27. The molecule has 0 amide bonds. The van der Waals surface area contributed by atoms with Crippen LogP contribution in [0.1, 0.15) is 30.7 Å². The van der Waals surface area contributed by atoms with E-state index in [9.17, 15) is 5.26 Å². The molecule has 1 aliphatic heterocycles. The fraction of sp³-hybridized carbons (Fsp3) is 0.571. The lowest BCUT2D eigenvalue weighted by Crippen LogP contribution is -2.37. The largest absolute Gasteiger partial charge is 0.396 e. The summed E-state index contributed by atoms with van der Waals surface area (Å²) in [6.07, 6.45) is 1.09. The number of likely N-dealkylation sites (N-methyl/N-ethyl adjacent to an activating group) is 1. The van der Waals surface area contributed by atoms with Crippen LogP contribution >= 0.6 is 11.3 Å². The van der Waals surface area contributed by atoms with Crippen molar-refractivity contribution in [2.75, 3.05) is 36.8 Å². The van der Waals surface area contributed by atoms with Crippen LogP contribution in [0.5, 0.6) is 0 Å². The van der Waals surface area contributed by atoms with Gasteiger partial charge in [-0.05, 0) is 19.5 Å².